The lowest BCUT2D eigenvalue weighted by atomic mass is 10.1. The minimum atomic E-state index is -0.670. The van der Waals surface area contributed by atoms with E-state index in [0.29, 0.717) is 13.1 Å². The molecule has 0 saturated carbocycles. The normalized spacial score (nSPS) is 18.7. The third-order valence-electron chi connectivity index (χ3n) is 3.91. The molecule has 1 amide bonds. The lowest BCUT2D eigenvalue weighted by Gasteiger charge is -2.20. The summed E-state index contributed by atoms with van der Waals surface area (Å²) in [6.07, 6.45) is 2.42. The van der Waals surface area contributed by atoms with Gasteiger partial charge in [0.2, 0.25) is 5.91 Å². The molecular formula is C17H17F2NO2S. The van der Waals surface area contributed by atoms with Gasteiger partial charge in [0.25, 0.3) is 0 Å². The lowest BCUT2D eigenvalue weighted by Crippen LogP contribution is -2.34. The van der Waals surface area contributed by atoms with Gasteiger partial charge in [-0.15, -0.1) is 11.8 Å². The van der Waals surface area contributed by atoms with E-state index in [2.05, 4.69) is 0 Å². The summed E-state index contributed by atoms with van der Waals surface area (Å²) < 4.78 is 32.0. The molecule has 1 aromatic carbocycles. The number of hydrogen-bond donors (Lipinski definition) is 0. The summed E-state index contributed by atoms with van der Waals surface area (Å²) in [5.41, 5.74) is 0.232. The summed E-state index contributed by atoms with van der Waals surface area (Å²) in [7, 11) is 0. The van der Waals surface area contributed by atoms with E-state index in [4.69, 9.17) is 4.42 Å². The highest BCUT2D eigenvalue weighted by molar-refractivity contribution is 7.99. The number of carbonyl (C=O) groups is 1. The van der Waals surface area contributed by atoms with Crippen LogP contribution in [0.15, 0.2) is 41.0 Å². The summed E-state index contributed by atoms with van der Waals surface area (Å²) >= 11 is 1.76. The molecule has 23 heavy (non-hydrogen) atoms. The number of halogens is 2. The van der Waals surface area contributed by atoms with Crippen LogP contribution in [0.3, 0.4) is 0 Å². The molecule has 1 unspecified atom stereocenters. The minimum absolute atomic E-state index is 0.0395. The van der Waals surface area contributed by atoms with E-state index < -0.39 is 11.6 Å². The van der Waals surface area contributed by atoms with Crippen LogP contribution in [0.1, 0.15) is 23.0 Å². The molecule has 0 aliphatic carbocycles. The second-order valence-electron chi connectivity index (χ2n) is 5.46. The SMILES string of the molecule is O=C(Cc1ccc(F)cc1F)N1CCSC(c2ccco2)CC1. The van der Waals surface area contributed by atoms with Crippen molar-refractivity contribution in [1.29, 1.82) is 0 Å². The van der Waals surface area contributed by atoms with Crippen LogP contribution in [0.25, 0.3) is 0 Å². The second kappa shape index (κ2) is 7.17. The predicted molar refractivity (Wildman–Crippen MR) is 85.2 cm³/mol. The van der Waals surface area contributed by atoms with E-state index in [-0.39, 0.29) is 23.1 Å². The van der Waals surface area contributed by atoms with Crippen molar-refractivity contribution in [3.63, 3.8) is 0 Å². The van der Waals surface area contributed by atoms with Gasteiger partial charge in [-0.1, -0.05) is 6.07 Å². The first-order chi connectivity index (χ1) is 11.1. The van der Waals surface area contributed by atoms with E-state index >= 15 is 0 Å². The largest absolute Gasteiger partial charge is 0.468 e. The molecule has 1 atom stereocenters. The summed E-state index contributed by atoms with van der Waals surface area (Å²) in [5, 5.41) is 0.241. The summed E-state index contributed by atoms with van der Waals surface area (Å²) in [6, 6.07) is 7.13. The Morgan fingerprint density at radius 2 is 2.17 bits per heavy atom. The third kappa shape index (κ3) is 3.93. The van der Waals surface area contributed by atoms with E-state index in [1.54, 1.807) is 22.9 Å². The van der Waals surface area contributed by atoms with Crippen molar-refractivity contribution in [3.8, 4) is 0 Å². The molecule has 0 bridgehead atoms. The van der Waals surface area contributed by atoms with Crippen LogP contribution in [0.5, 0.6) is 0 Å². The van der Waals surface area contributed by atoms with Gasteiger partial charge in [0.15, 0.2) is 0 Å². The van der Waals surface area contributed by atoms with Gasteiger partial charge >= 0.3 is 0 Å². The maximum atomic E-state index is 13.7. The second-order valence-corrected chi connectivity index (χ2v) is 6.77. The van der Waals surface area contributed by atoms with Crippen LogP contribution in [0.2, 0.25) is 0 Å². The van der Waals surface area contributed by atoms with Crippen LogP contribution in [0.4, 0.5) is 8.78 Å². The maximum absolute atomic E-state index is 13.7. The van der Waals surface area contributed by atoms with Crippen molar-refractivity contribution in [1.82, 2.24) is 4.90 Å². The highest BCUT2D eigenvalue weighted by Gasteiger charge is 2.24. The molecule has 6 heteroatoms. The van der Waals surface area contributed by atoms with Gasteiger partial charge in [-0.05, 0) is 30.2 Å². The molecule has 1 saturated heterocycles. The Morgan fingerprint density at radius 3 is 2.91 bits per heavy atom. The first-order valence-electron chi connectivity index (χ1n) is 7.50. The topological polar surface area (TPSA) is 33.5 Å². The van der Waals surface area contributed by atoms with Crippen LogP contribution in [-0.4, -0.2) is 29.6 Å². The molecule has 2 aromatic rings. The van der Waals surface area contributed by atoms with Gasteiger partial charge in [-0.25, -0.2) is 8.78 Å². The Labute approximate surface area is 137 Å². The standard InChI is InChI=1S/C17H17F2NO2S/c18-13-4-3-12(14(19)11-13)10-17(21)20-6-5-16(23-9-7-20)15-2-1-8-22-15/h1-4,8,11,16H,5-7,9-10H2. The number of carbonyl (C=O) groups excluding carboxylic acids is 1. The van der Waals surface area contributed by atoms with Crippen molar-refractivity contribution in [3.05, 3.63) is 59.6 Å². The van der Waals surface area contributed by atoms with Gasteiger partial charge < -0.3 is 9.32 Å². The number of benzene rings is 1. The number of hydrogen-bond acceptors (Lipinski definition) is 3. The molecule has 1 aromatic heterocycles. The smallest absolute Gasteiger partial charge is 0.227 e. The van der Waals surface area contributed by atoms with Crippen molar-refractivity contribution in [2.24, 2.45) is 0 Å². The highest BCUT2D eigenvalue weighted by atomic mass is 32.2. The van der Waals surface area contributed by atoms with Gasteiger partial charge in [0, 0.05) is 24.9 Å². The molecule has 3 rings (SSSR count). The highest BCUT2D eigenvalue weighted by Crippen LogP contribution is 2.34. The Balaban J connectivity index is 1.61. The first kappa shape index (κ1) is 16.1. The van der Waals surface area contributed by atoms with E-state index in [0.717, 1.165) is 24.0 Å². The molecule has 1 fully saturated rings. The van der Waals surface area contributed by atoms with Crippen LogP contribution < -0.4 is 0 Å². The average molecular weight is 337 g/mol. The average Bonchev–Trinajstić information content (AvgIpc) is 2.94. The number of nitrogens with zero attached hydrogens (tertiary/aromatic N) is 1. The fourth-order valence-electron chi connectivity index (χ4n) is 2.66. The number of furan rings is 1. The molecule has 0 spiro atoms. The van der Waals surface area contributed by atoms with Gasteiger partial charge in [-0.3, -0.25) is 4.79 Å². The molecule has 3 nitrogen and oxygen atoms in total. The Kier molecular flexibility index (Phi) is 5.00. The van der Waals surface area contributed by atoms with Crippen molar-refractivity contribution in [2.75, 3.05) is 18.8 Å². The first-order valence-corrected chi connectivity index (χ1v) is 8.55. The molecule has 0 radical (unpaired) electrons. The number of thioether (sulfide) groups is 1. The van der Waals surface area contributed by atoms with Gasteiger partial charge in [0.05, 0.1) is 17.9 Å². The lowest BCUT2D eigenvalue weighted by molar-refractivity contribution is -0.130. The minimum Gasteiger partial charge on any atom is -0.468 e. The van der Waals surface area contributed by atoms with Crippen LogP contribution in [-0.2, 0) is 11.2 Å². The van der Waals surface area contributed by atoms with Gasteiger partial charge in [-0.2, -0.15) is 0 Å². The predicted octanol–water partition coefficient (Wildman–Crippen LogP) is 3.81. The third-order valence-corrected chi connectivity index (χ3v) is 5.20. The molecule has 0 N–H and O–H groups in total. The van der Waals surface area contributed by atoms with Crippen molar-refractivity contribution < 1.29 is 18.0 Å². The zero-order chi connectivity index (χ0) is 16.2. The van der Waals surface area contributed by atoms with Crippen molar-refractivity contribution >= 4 is 17.7 Å². The van der Waals surface area contributed by atoms with E-state index in [1.807, 2.05) is 12.1 Å². The fourth-order valence-corrected chi connectivity index (χ4v) is 3.84. The van der Waals surface area contributed by atoms with E-state index in [9.17, 15) is 13.6 Å². The molecular weight excluding hydrogens is 320 g/mol. The zero-order valence-electron chi connectivity index (χ0n) is 12.5. The van der Waals surface area contributed by atoms with Crippen LogP contribution in [0, 0.1) is 11.6 Å². The fraction of sp³-hybridized carbons (Fsp3) is 0.353. The monoisotopic (exact) mass is 337 g/mol. The quantitative estimate of drug-likeness (QED) is 0.854. The molecule has 2 heterocycles. The summed E-state index contributed by atoms with van der Waals surface area (Å²) in [5.74, 6) is 0.301. The van der Waals surface area contributed by atoms with E-state index in [1.165, 1.54) is 12.1 Å². The molecule has 122 valence electrons. The Hall–Kier alpha value is -1.82. The Bertz CT molecular complexity index is 675. The Morgan fingerprint density at radius 1 is 1.30 bits per heavy atom. The van der Waals surface area contributed by atoms with Crippen molar-refractivity contribution in [2.45, 2.75) is 18.1 Å². The van der Waals surface area contributed by atoms with Crippen LogP contribution >= 0.6 is 11.8 Å². The maximum Gasteiger partial charge on any atom is 0.227 e. The summed E-state index contributed by atoms with van der Waals surface area (Å²) in [6.45, 7) is 1.24. The van der Waals surface area contributed by atoms with Gasteiger partial charge in [0.1, 0.15) is 17.4 Å². The molecule has 1 aliphatic heterocycles. The number of rotatable bonds is 3. The summed E-state index contributed by atoms with van der Waals surface area (Å²) in [4.78, 5) is 14.1. The molecule has 1 aliphatic rings. The zero-order valence-corrected chi connectivity index (χ0v) is 13.3. The number of amides is 1.